The zero-order chi connectivity index (χ0) is 20.2. The maximum Gasteiger partial charge on any atom is 0.337 e. The Morgan fingerprint density at radius 1 is 1.22 bits per heavy atom. The largest absolute Gasteiger partial charge is 0.465 e. The molecule has 0 bridgehead atoms. The molecule has 8 nitrogen and oxygen atoms in total. The van der Waals surface area contributed by atoms with Crippen LogP contribution in [0.15, 0.2) is 45.7 Å². The molecule has 0 amide bonds. The van der Waals surface area contributed by atoms with Crippen molar-refractivity contribution in [2.45, 2.75) is 11.8 Å². The predicted octanol–water partition coefficient (Wildman–Crippen LogP) is 2.39. The van der Waals surface area contributed by atoms with Gasteiger partial charge in [0.1, 0.15) is 11.2 Å². The summed E-state index contributed by atoms with van der Waals surface area (Å²) in [6.07, 6.45) is 1.16. The predicted molar refractivity (Wildman–Crippen MR) is 106 cm³/mol. The Labute approximate surface area is 158 Å². The van der Waals surface area contributed by atoms with E-state index in [0.29, 0.717) is 5.69 Å². The Balaban J connectivity index is 2.63. The Morgan fingerprint density at radius 3 is 2.41 bits per heavy atom. The number of esters is 1. The van der Waals surface area contributed by atoms with Crippen LogP contribution < -0.4 is 11.1 Å². The molecule has 2 aromatic carbocycles. The number of hydrogen-bond donors (Lipinski definition) is 2. The standard InChI is InChI=1S/C18H22N4O4S/c1-12-5-7-14(8-6-12)21-17-15(19)9-13(18(23)26-4)10-16(17)27(24,25)20-11-22(2)3/h5-11,21H,19H2,1-4H3. The maximum absolute atomic E-state index is 12.7. The van der Waals surface area contributed by atoms with Crippen LogP contribution in [0.5, 0.6) is 0 Å². The number of anilines is 3. The minimum atomic E-state index is -4.12. The number of carbonyl (C=O) groups is 1. The molecular weight excluding hydrogens is 368 g/mol. The van der Waals surface area contributed by atoms with Gasteiger partial charge in [0.25, 0.3) is 10.0 Å². The Kier molecular flexibility index (Phi) is 6.06. The van der Waals surface area contributed by atoms with Gasteiger partial charge in [-0.05, 0) is 31.2 Å². The molecule has 0 spiro atoms. The highest BCUT2D eigenvalue weighted by Crippen LogP contribution is 2.33. The lowest BCUT2D eigenvalue weighted by Gasteiger charge is -2.15. The Bertz CT molecular complexity index is 968. The van der Waals surface area contributed by atoms with E-state index in [9.17, 15) is 13.2 Å². The van der Waals surface area contributed by atoms with Crippen LogP contribution in [-0.4, -0.2) is 46.8 Å². The van der Waals surface area contributed by atoms with Gasteiger partial charge in [0.05, 0.1) is 24.0 Å². The van der Waals surface area contributed by atoms with Crippen molar-refractivity contribution in [3.05, 3.63) is 47.5 Å². The second-order valence-corrected chi connectivity index (χ2v) is 7.68. The van der Waals surface area contributed by atoms with E-state index in [4.69, 9.17) is 5.73 Å². The summed E-state index contributed by atoms with van der Waals surface area (Å²) in [4.78, 5) is 13.1. The summed E-state index contributed by atoms with van der Waals surface area (Å²) in [5.74, 6) is -0.698. The van der Waals surface area contributed by atoms with Crippen LogP contribution in [0.2, 0.25) is 0 Å². The van der Waals surface area contributed by atoms with Crippen LogP contribution in [-0.2, 0) is 14.8 Å². The van der Waals surface area contributed by atoms with E-state index in [2.05, 4.69) is 14.5 Å². The second-order valence-electron chi connectivity index (χ2n) is 6.08. The van der Waals surface area contributed by atoms with Crippen LogP contribution >= 0.6 is 0 Å². The number of hydrogen-bond acceptors (Lipinski definition) is 6. The number of aryl methyl sites for hydroxylation is 1. The SMILES string of the molecule is COC(=O)c1cc(N)c(Nc2ccc(C)cc2)c(S(=O)(=O)N=CN(C)C)c1. The first-order valence-corrected chi connectivity index (χ1v) is 9.40. The quantitative estimate of drug-likeness (QED) is 0.337. The molecule has 3 N–H and O–H groups in total. The molecule has 0 heterocycles. The van der Waals surface area contributed by atoms with Crippen LogP contribution in [0, 0.1) is 6.92 Å². The second kappa shape index (κ2) is 8.09. The molecule has 2 aromatic rings. The van der Waals surface area contributed by atoms with Crippen LogP contribution in [0.1, 0.15) is 15.9 Å². The fourth-order valence-electron chi connectivity index (χ4n) is 2.20. The number of nitrogen functional groups attached to an aromatic ring is 1. The Morgan fingerprint density at radius 2 is 1.85 bits per heavy atom. The molecule has 0 aliphatic rings. The fourth-order valence-corrected chi connectivity index (χ4v) is 3.33. The van der Waals surface area contributed by atoms with Gasteiger partial charge in [-0.1, -0.05) is 17.7 Å². The van der Waals surface area contributed by atoms with Crippen molar-refractivity contribution in [1.82, 2.24) is 4.90 Å². The maximum atomic E-state index is 12.7. The molecule has 0 atom stereocenters. The average molecular weight is 390 g/mol. The minimum absolute atomic E-state index is 0.0167. The van der Waals surface area contributed by atoms with Gasteiger partial charge in [0, 0.05) is 19.8 Å². The highest BCUT2D eigenvalue weighted by atomic mass is 32.2. The summed E-state index contributed by atoms with van der Waals surface area (Å²) in [6, 6.07) is 9.89. The summed E-state index contributed by atoms with van der Waals surface area (Å²) >= 11 is 0. The fraction of sp³-hybridized carbons (Fsp3) is 0.222. The first kappa shape index (κ1) is 20.2. The molecule has 0 radical (unpaired) electrons. The number of methoxy groups -OCH3 is 1. The summed E-state index contributed by atoms with van der Waals surface area (Å²) in [5.41, 5.74) is 7.98. The van der Waals surface area contributed by atoms with Crippen LogP contribution in [0.25, 0.3) is 0 Å². The van der Waals surface area contributed by atoms with Crippen molar-refractivity contribution in [1.29, 1.82) is 0 Å². The van der Waals surface area contributed by atoms with Gasteiger partial charge in [-0.3, -0.25) is 0 Å². The molecule has 0 unspecified atom stereocenters. The highest BCUT2D eigenvalue weighted by molar-refractivity contribution is 7.90. The first-order valence-electron chi connectivity index (χ1n) is 7.96. The molecular formula is C18H22N4O4S. The molecule has 0 saturated heterocycles. The van der Waals surface area contributed by atoms with E-state index in [1.54, 1.807) is 26.2 Å². The molecule has 2 rings (SSSR count). The van der Waals surface area contributed by atoms with Crippen molar-refractivity contribution in [2.75, 3.05) is 32.3 Å². The molecule has 9 heteroatoms. The number of rotatable bonds is 6. The lowest BCUT2D eigenvalue weighted by atomic mass is 10.1. The van der Waals surface area contributed by atoms with Gasteiger partial charge < -0.3 is 20.7 Å². The molecule has 0 aliphatic heterocycles. The monoisotopic (exact) mass is 390 g/mol. The van der Waals surface area contributed by atoms with E-state index < -0.39 is 16.0 Å². The molecule has 0 aliphatic carbocycles. The lowest BCUT2D eigenvalue weighted by Crippen LogP contribution is -2.13. The lowest BCUT2D eigenvalue weighted by molar-refractivity contribution is 0.0600. The summed E-state index contributed by atoms with van der Waals surface area (Å²) in [7, 11) is 0.365. The van der Waals surface area contributed by atoms with Gasteiger partial charge in [-0.25, -0.2) is 4.79 Å². The number of ether oxygens (including phenoxy) is 1. The number of carbonyl (C=O) groups excluding carboxylic acids is 1. The molecule has 0 saturated carbocycles. The van der Waals surface area contributed by atoms with Gasteiger partial charge >= 0.3 is 5.97 Å². The summed E-state index contributed by atoms with van der Waals surface area (Å²) < 4.78 is 33.8. The Hall–Kier alpha value is -3.07. The molecule has 0 fully saturated rings. The van der Waals surface area contributed by atoms with Crippen molar-refractivity contribution in [2.24, 2.45) is 4.40 Å². The third-order valence-electron chi connectivity index (χ3n) is 3.57. The van der Waals surface area contributed by atoms with Crippen molar-refractivity contribution < 1.29 is 17.9 Å². The molecule has 0 aromatic heterocycles. The van der Waals surface area contributed by atoms with Crippen molar-refractivity contribution in [3.63, 3.8) is 0 Å². The summed E-state index contributed by atoms with van der Waals surface area (Å²) in [6.45, 7) is 1.94. The number of nitrogens with two attached hydrogens (primary N) is 1. The number of nitrogens with zero attached hydrogens (tertiary/aromatic N) is 2. The van der Waals surface area contributed by atoms with Crippen LogP contribution in [0.4, 0.5) is 17.1 Å². The van der Waals surface area contributed by atoms with Gasteiger partial charge in [0.15, 0.2) is 0 Å². The first-order chi connectivity index (χ1) is 12.6. The van der Waals surface area contributed by atoms with E-state index >= 15 is 0 Å². The third-order valence-corrected chi connectivity index (χ3v) is 4.82. The molecule has 27 heavy (non-hydrogen) atoms. The average Bonchev–Trinajstić information content (AvgIpc) is 2.62. The molecule has 144 valence electrons. The van der Waals surface area contributed by atoms with Gasteiger partial charge in [-0.2, -0.15) is 8.42 Å². The van der Waals surface area contributed by atoms with Gasteiger partial charge in [-0.15, -0.1) is 4.40 Å². The van der Waals surface area contributed by atoms with Crippen molar-refractivity contribution in [3.8, 4) is 0 Å². The topological polar surface area (TPSA) is 114 Å². The third kappa shape index (κ3) is 4.98. The van der Waals surface area contributed by atoms with Crippen LogP contribution in [0.3, 0.4) is 0 Å². The normalized spacial score (nSPS) is 11.4. The van der Waals surface area contributed by atoms with E-state index in [1.807, 2.05) is 19.1 Å². The number of sulfonamides is 1. The van der Waals surface area contributed by atoms with Gasteiger partial charge in [0.2, 0.25) is 0 Å². The smallest absolute Gasteiger partial charge is 0.337 e. The number of nitrogens with one attached hydrogen (secondary N) is 1. The van der Waals surface area contributed by atoms with E-state index in [1.165, 1.54) is 24.1 Å². The number of benzene rings is 2. The zero-order valence-electron chi connectivity index (χ0n) is 15.6. The van der Waals surface area contributed by atoms with E-state index in [0.717, 1.165) is 11.9 Å². The van der Waals surface area contributed by atoms with E-state index in [-0.39, 0.29) is 21.8 Å². The van der Waals surface area contributed by atoms with Crippen molar-refractivity contribution >= 4 is 39.4 Å². The highest BCUT2D eigenvalue weighted by Gasteiger charge is 2.23. The summed E-state index contributed by atoms with van der Waals surface area (Å²) in [5, 5.41) is 3.00. The minimum Gasteiger partial charge on any atom is -0.465 e. The zero-order valence-corrected chi connectivity index (χ0v) is 16.4.